The van der Waals surface area contributed by atoms with Crippen LogP contribution in [0.5, 0.6) is 11.6 Å². The van der Waals surface area contributed by atoms with Gasteiger partial charge in [0, 0.05) is 6.20 Å². The van der Waals surface area contributed by atoms with E-state index in [-0.39, 0.29) is 29.4 Å². The standard InChI is InChI=1S/C16H12F2N2O4/c1-9-15(24-16(21)22)20-7-3-6-13(14(20)19-9)23-8-10-11(17)4-2-5-12(10)18/h2-7H,8H2,1H3,(H,21,22). The first-order valence-corrected chi connectivity index (χ1v) is 6.91. The number of halogens is 2. The van der Waals surface area contributed by atoms with Gasteiger partial charge in [-0.15, -0.1) is 0 Å². The van der Waals surface area contributed by atoms with Crippen LogP contribution >= 0.6 is 0 Å². The van der Waals surface area contributed by atoms with Crippen molar-refractivity contribution in [2.45, 2.75) is 13.5 Å². The molecule has 0 saturated carbocycles. The lowest BCUT2D eigenvalue weighted by molar-refractivity contribution is 0.141. The van der Waals surface area contributed by atoms with Crippen molar-refractivity contribution in [3.63, 3.8) is 0 Å². The number of carbonyl (C=O) groups is 1. The minimum absolute atomic E-state index is 0.0278. The molecule has 6 nitrogen and oxygen atoms in total. The number of carboxylic acid groups (broad SMARTS) is 1. The highest BCUT2D eigenvalue weighted by Crippen LogP contribution is 2.27. The molecule has 0 bridgehead atoms. The molecule has 2 heterocycles. The SMILES string of the molecule is Cc1nc2c(OCc3c(F)cccc3F)cccn2c1OC(=O)O. The Morgan fingerprint density at radius 2 is 1.96 bits per heavy atom. The summed E-state index contributed by atoms with van der Waals surface area (Å²) in [5, 5.41) is 8.77. The molecule has 0 amide bonds. The highest BCUT2D eigenvalue weighted by atomic mass is 19.1. The Hall–Kier alpha value is -3.16. The van der Waals surface area contributed by atoms with E-state index in [1.54, 1.807) is 25.3 Å². The molecule has 0 aliphatic carbocycles. The summed E-state index contributed by atoms with van der Waals surface area (Å²) in [5.41, 5.74) is 0.415. The summed E-state index contributed by atoms with van der Waals surface area (Å²) in [7, 11) is 0. The predicted octanol–water partition coefficient (Wildman–Crippen LogP) is 3.56. The number of pyridine rings is 1. The number of rotatable bonds is 4. The fourth-order valence-electron chi connectivity index (χ4n) is 2.27. The van der Waals surface area contributed by atoms with Crippen LogP contribution in [0.4, 0.5) is 13.6 Å². The van der Waals surface area contributed by atoms with Gasteiger partial charge in [0.05, 0.1) is 5.56 Å². The second-order valence-electron chi connectivity index (χ2n) is 4.93. The van der Waals surface area contributed by atoms with E-state index in [4.69, 9.17) is 14.6 Å². The van der Waals surface area contributed by atoms with Gasteiger partial charge in [-0.25, -0.2) is 18.6 Å². The molecule has 0 saturated heterocycles. The maximum Gasteiger partial charge on any atom is 0.512 e. The number of fused-ring (bicyclic) bond motifs is 1. The van der Waals surface area contributed by atoms with Crippen molar-refractivity contribution < 1.29 is 28.2 Å². The van der Waals surface area contributed by atoms with Gasteiger partial charge in [-0.2, -0.15) is 0 Å². The van der Waals surface area contributed by atoms with Crippen molar-refractivity contribution in [3.8, 4) is 11.6 Å². The van der Waals surface area contributed by atoms with Crippen LogP contribution < -0.4 is 9.47 Å². The zero-order valence-electron chi connectivity index (χ0n) is 12.5. The fraction of sp³-hybridized carbons (Fsp3) is 0.125. The molecule has 1 N–H and O–H groups in total. The number of hydrogen-bond donors (Lipinski definition) is 1. The number of imidazole rings is 1. The Morgan fingerprint density at radius 3 is 2.62 bits per heavy atom. The smallest absolute Gasteiger partial charge is 0.485 e. The Balaban J connectivity index is 1.94. The maximum atomic E-state index is 13.7. The van der Waals surface area contributed by atoms with Crippen LogP contribution in [0.15, 0.2) is 36.5 Å². The topological polar surface area (TPSA) is 73.1 Å². The quantitative estimate of drug-likeness (QED) is 0.739. The molecular weight excluding hydrogens is 322 g/mol. The van der Waals surface area contributed by atoms with Gasteiger partial charge >= 0.3 is 6.16 Å². The van der Waals surface area contributed by atoms with Gasteiger partial charge in [-0.3, -0.25) is 4.40 Å². The third kappa shape index (κ3) is 2.85. The Morgan fingerprint density at radius 1 is 1.25 bits per heavy atom. The third-order valence-electron chi connectivity index (χ3n) is 3.35. The zero-order chi connectivity index (χ0) is 17.3. The van der Waals surface area contributed by atoms with Crippen LogP contribution in [-0.2, 0) is 6.61 Å². The van der Waals surface area contributed by atoms with Crippen molar-refractivity contribution in [2.75, 3.05) is 0 Å². The Kier molecular flexibility index (Phi) is 4.03. The molecule has 0 fully saturated rings. The first kappa shape index (κ1) is 15.7. The van der Waals surface area contributed by atoms with E-state index in [9.17, 15) is 13.6 Å². The van der Waals surface area contributed by atoms with E-state index < -0.39 is 17.8 Å². The summed E-state index contributed by atoms with van der Waals surface area (Å²) in [6, 6.07) is 6.69. The van der Waals surface area contributed by atoms with E-state index in [1.807, 2.05) is 0 Å². The molecule has 24 heavy (non-hydrogen) atoms. The number of hydrogen-bond acceptors (Lipinski definition) is 4. The van der Waals surface area contributed by atoms with Crippen LogP contribution in [0, 0.1) is 18.6 Å². The third-order valence-corrected chi connectivity index (χ3v) is 3.35. The van der Waals surface area contributed by atoms with Crippen molar-refractivity contribution in [1.29, 1.82) is 0 Å². The van der Waals surface area contributed by atoms with E-state index in [1.165, 1.54) is 10.5 Å². The molecule has 0 atom stereocenters. The lowest BCUT2D eigenvalue weighted by Gasteiger charge is -2.09. The first-order chi connectivity index (χ1) is 11.5. The van der Waals surface area contributed by atoms with Crippen LogP contribution in [-0.4, -0.2) is 20.6 Å². The van der Waals surface area contributed by atoms with Crippen LogP contribution in [0.2, 0.25) is 0 Å². The molecule has 2 aromatic heterocycles. The number of aryl methyl sites for hydroxylation is 1. The number of aromatic nitrogens is 2. The highest BCUT2D eigenvalue weighted by Gasteiger charge is 2.17. The average Bonchev–Trinajstić information content (AvgIpc) is 2.83. The molecule has 0 spiro atoms. The number of nitrogens with zero attached hydrogens (tertiary/aromatic N) is 2. The van der Waals surface area contributed by atoms with Crippen LogP contribution in [0.1, 0.15) is 11.3 Å². The Bertz CT molecular complexity index is 904. The van der Waals surface area contributed by atoms with Gasteiger partial charge in [0.25, 0.3) is 0 Å². The number of benzene rings is 1. The minimum Gasteiger partial charge on any atom is -0.485 e. The van der Waals surface area contributed by atoms with Gasteiger partial charge in [-0.05, 0) is 31.2 Å². The molecule has 3 aromatic rings. The van der Waals surface area contributed by atoms with E-state index >= 15 is 0 Å². The normalized spacial score (nSPS) is 10.8. The molecular formula is C16H12F2N2O4. The van der Waals surface area contributed by atoms with E-state index in [0.29, 0.717) is 5.69 Å². The largest absolute Gasteiger partial charge is 0.512 e. The lowest BCUT2D eigenvalue weighted by atomic mass is 10.2. The van der Waals surface area contributed by atoms with Gasteiger partial charge in [0.1, 0.15) is 23.9 Å². The van der Waals surface area contributed by atoms with Gasteiger partial charge in [0.15, 0.2) is 11.4 Å². The molecule has 1 aromatic carbocycles. The van der Waals surface area contributed by atoms with Gasteiger partial charge in [-0.1, -0.05) is 6.07 Å². The predicted molar refractivity (Wildman–Crippen MR) is 79.3 cm³/mol. The second kappa shape index (κ2) is 6.15. The molecule has 124 valence electrons. The molecule has 3 rings (SSSR count). The minimum atomic E-state index is -1.47. The van der Waals surface area contributed by atoms with Crippen molar-refractivity contribution in [2.24, 2.45) is 0 Å². The molecule has 0 aliphatic rings. The highest BCUT2D eigenvalue weighted by molar-refractivity contribution is 5.64. The molecule has 8 heteroatoms. The molecule has 0 unspecified atom stereocenters. The maximum absolute atomic E-state index is 13.7. The van der Waals surface area contributed by atoms with Crippen LogP contribution in [0.3, 0.4) is 0 Å². The summed E-state index contributed by atoms with van der Waals surface area (Å²) in [5.74, 6) is -1.16. The van der Waals surface area contributed by atoms with Crippen molar-refractivity contribution in [3.05, 3.63) is 59.4 Å². The van der Waals surface area contributed by atoms with E-state index in [2.05, 4.69) is 4.98 Å². The van der Waals surface area contributed by atoms with E-state index in [0.717, 1.165) is 12.1 Å². The second-order valence-corrected chi connectivity index (χ2v) is 4.93. The average molecular weight is 334 g/mol. The summed E-state index contributed by atoms with van der Waals surface area (Å²) in [6.07, 6.45) is 0.0732. The Labute approximate surface area is 134 Å². The van der Waals surface area contributed by atoms with Crippen molar-refractivity contribution in [1.82, 2.24) is 9.38 Å². The first-order valence-electron chi connectivity index (χ1n) is 6.91. The zero-order valence-corrected chi connectivity index (χ0v) is 12.5. The lowest BCUT2D eigenvalue weighted by Crippen LogP contribution is -2.06. The summed E-state index contributed by atoms with van der Waals surface area (Å²) in [4.78, 5) is 14.9. The summed E-state index contributed by atoms with van der Waals surface area (Å²) >= 11 is 0. The summed E-state index contributed by atoms with van der Waals surface area (Å²) in [6.45, 7) is 1.24. The van der Waals surface area contributed by atoms with Crippen LogP contribution in [0.25, 0.3) is 5.65 Å². The fourth-order valence-corrected chi connectivity index (χ4v) is 2.27. The summed E-state index contributed by atoms with van der Waals surface area (Å²) < 4.78 is 38.9. The monoisotopic (exact) mass is 334 g/mol. The number of ether oxygens (including phenoxy) is 2. The van der Waals surface area contributed by atoms with Crippen molar-refractivity contribution >= 4 is 11.8 Å². The molecule has 0 radical (unpaired) electrons. The van der Waals surface area contributed by atoms with Gasteiger partial charge in [0.2, 0.25) is 5.88 Å². The molecule has 0 aliphatic heterocycles. The van der Waals surface area contributed by atoms with Gasteiger partial charge < -0.3 is 14.6 Å².